The molecule has 4 nitrogen and oxygen atoms in total. The Bertz CT molecular complexity index is 238. The van der Waals surface area contributed by atoms with Crippen molar-refractivity contribution in [2.24, 2.45) is 0 Å². The Kier molecular flexibility index (Phi) is 10.8. The van der Waals surface area contributed by atoms with Crippen LogP contribution in [0.4, 0.5) is 0 Å². The highest BCUT2D eigenvalue weighted by Gasteiger charge is 2.05. The van der Waals surface area contributed by atoms with Crippen LogP contribution >= 0.6 is 12.2 Å². The molecule has 102 valence electrons. The Morgan fingerprint density at radius 2 is 2.06 bits per heavy atom. The first-order valence-corrected chi connectivity index (χ1v) is 8.02. The molecule has 0 spiro atoms. The second kappa shape index (κ2) is 10.9. The topological polar surface area (TPSA) is 50.4 Å². The fraction of sp³-hybridized carbons (Fsp3) is 0.909. The van der Waals surface area contributed by atoms with Gasteiger partial charge in [0.2, 0.25) is 0 Å². The summed E-state index contributed by atoms with van der Waals surface area (Å²) in [5.74, 6) is 0. The summed E-state index contributed by atoms with van der Waals surface area (Å²) in [6.45, 7) is 7.07. The van der Waals surface area contributed by atoms with Gasteiger partial charge in [-0.1, -0.05) is 6.92 Å². The lowest BCUT2D eigenvalue weighted by atomic mass is 10.3. The average molecular weight is 280 g/mol. The molecule has 0 rings (SSSR count). The number of thiocarbonyl (C=S) groups is 1. The summed E-state index contributed by atoms with van der Waals surface area (Å²) in [5, 5.41) is 7.09. The Morgan fingerprint density at radius 3 is 2.65 bits per heavy atom. The van der Waals surface area contributed by atoms with Gasteiger partial charge in [0.1, 0.15) is 0 Å². The number of hydrogen-bond acceptors (Lipinski definition) is 3. The zero-order chi connectivity index (χ0) is 13.1. The third-order valence-corrected chi connectivity index (χ3v) is 4.02. The van der Waals surface area contributed by atoms with Crippen molar-refractivity contribution >= 4 is 28.1 Å². The van der Waals surface area contributed by atoms with E-state index >= 15 is 0 Å². The maximum absolute atomic E-state index is 11.1. The van der Waals surface area contributed by atoms with Crippen LogP contribution in [0.1, 0.15) is 26.7 Å². The van der Waals surface area contributed by atoms with E-state index in [9.17, 15) is 4.21 Å². The minimum absolute atomic E-state index is 0.211. The summed E-state index contributed by atoms with van der Waals surface area (Å²) in [7, 11) is -0.754. The van der Waals surface area contributed by atoms with Gasteiger partial charge in [0, 0.05) is 48.6 Å². The van der Waals surface area contributed by atoms with E-state index in [2.05, 4.69) is 10.6 Å². The maximum atomic E-state index is 11.1. The van der Waals surface area contributed by atoms with Crippen LogP contribution in [-0.4, -0.2) is 47.1 Å². The predicted molar refractivity (Wildman–Crippen MR) is 77.9 cm³/mol. The van der Waals surface area contributed by atoms with E-state index in [1.165, 1.54) is 0 Å². The summed E-state index contributed by atoms with van der Waals surface area (Å²) in [5.41, 5.74) is 0. The van der Waals surface area contributed by atoms with Gasteiger partial charge in [0.05, 0.1) is 0 Å². The highest BCUT2D eigenvalue weighted by Crippen LogP contribution is 1.96. The lowest BCUT2D eigenvalue weighted by molar-refractivity contribution is 0.145. The Labute approximate surface area is 112 Å². The lowest BCUT2D eigenvalue weighted by Gasteiger charge is -2.12. The quantitative estimate of drug-likeness (QED) is 0.488. The second-order valence-electron chi connectivity index (χ2n) is 3.83. The molecular formula is C11H24N2O2S2. The van der Waals surface area contributed by atoms with Gasteiger partial charge in [-0.15, -0.1) is 0 Å². The Balaban J connectivity index is 3.38. The maximum Gasteiger partial charge on any atom is 0.166 e. The van der Waals surface area contributed by atoms with Crippen molar-refractivity contribution < 1.29 is 8.95 Å². The average Bonchev–Trinajstić information content (AvgIpc) is 2.28. The predicted octanol–water partition coefficient (Wildman–Crippen LogP) is 1.03. The van der Waals surface area contributed by atoms with E-state index in [-0.39, 0.29) is 5.25 Å². The lowest BCUT2D eigenvalue weighted by Crippen LogP contribution is -2.37. The van der Waals surface area contributed by atoms with Crippen LogP contribution in [0.25, 0.3) is 0 Å². The fourth-order valence-corrected chi connectivity index (χ4v) is 1.79. The van der Waals surface area contributed by atoms with E-state index < -0.39 is 10.8 Å². The van der Waals surface area contributed by atoms with Crippen LogP contribution in [0.3, 0.4) is 0 Å². The van der Waals surface area contributed by atoms with Crippen molar-refractivity contribution in [1.82, 2.24) is 10.6 Å². The van der Waals surface area contributed by atoms with E-state index in [0.29, 0.717) is 5.11 Å². The van der Waals surface area contributed by atoms with Crippen molar-refractivity contribution in [3.63, 3.8) is 0 Å². The molecule has 0 saturated heterocycles. The van der Waals surface area contributed by atoms with Gasteiger partial charge < -0.3 is 15.4 Å². The molecule has 0 aliphatic carbocycles. The molecule has 17 heavy (non-hydrogen) atoms. The Hall–Kier alpha value is -0.200. The van der Waals surface area contributed by atoms with Crippen LogP contribution in [-0.2, 0) is 15.5 Å². The Morgan fingerprint density at radius 1 is 1.41 bits per heavy atom. The molecule has 0 aromatic heterocycles. The molecule has 0 aliphatic heterocycles. The van der Waals surface area contributed by atoms with Gasteiger partial charge >= 0.3 is 0 Å². The smallest absolute Gasteiger partial charge is 0.166 e. The number of hydrogen-bond donors (Lipinski definition) is 2. The highest BCUT2D eigenvalue weighted by molar-refractivity contribution is 7.84. The first-order chi connectivity index (χ1) is 8.07. The molecule has 0 amide bonds. The zero-order valence-corrected chi connectivity index (χ0v) is 12.6. The molecule has 0 radical (unpaired) electrons. The third-order valence-electron chi connectivity index (χ3n) is 2.36. The molecule has 0 fully saturated rings. The number of ether oxygens (including phenoxy) is 1. The first kappa shape index (κ1) is 16.8. The normalized spacial score (nSPS) is 14.1. The van der Waals surface area contributed by atoms with E-state index in [0.717, 1.165) is 39.1 Å². The van der Waals surface area contributed by atoms with Gasteiger partial charge in [0.15, 0.2) is 5.11 Å². The van der Waals surface area contributed by atoms with E-state index in [4.69, 9.17) is 17.0 Å². The summed E-state index contributed by atoms with van der Waals surface area (Å²) >= 11 is 5.11. The highest BCUT2D eigenvalue weighted by atomic mass is 32.2. The van der Waals surface area contributed by atoms with Gasteiger partial charge in [0.25, 0.3) is 0 Å². The van der Waals surface area contributed by atoms with Crippen molar-refractivity contribution in [2.45, 2.75) is 31.9 Å². The summed E-state index contributed by atoms with van der Waals surface area (Å²) < 4.78 is 16.3. The largest absolute Gasteiger partial charge is 0.382 e. The molecule has 0 heterocycles. The molecule has 2 unspecified atom stereocenters. The van der Waals surface area contributed by atoms with E-state index in [1.807, 2.05) is 13.8 Å². The van der Waals surface area contributed by atoms with Crippen molar-refractivity contribution in [3.05, 3.63) is 0 Å². The molecule has 0 aromatic rings. The molecule has 0 bridgehead atoms. The number of nitrogens with one attached hydrogen (secondary N) is 2. The molecule has 2 atom stereocenters. The zero-order valence-electron chi connectivity index (χ0n) is 11.0. The van der Waals surface area contributed by atoms with Crippen LogP contribution in [0.15, 0.2) is 0 Å². The van der Waals surface area contributed by atoms with Gasteiger partial charge in [-0.25, -0.2) is 0 Å². The standard InChI is InChI=1S/C11H24N2O2S2/c1-4-15-9-5-7-12-11(16)13-8-6-10(2)17(3)14/h10H,4-9H2,1-3H3,(H2,12,13,16). The van der Waals surface area contributed by atoms with E-state index in [1.54, 1.807) is 6.26 Å². The van der Waals surface area contributed by atoms with Crippen LogP contribution in [0.2, 0.25) is 0 Å². The molecule has 2 N–H and O–H groups in total. The van der Waals surface area contributed by atoms with Gasteiger partial charge in [-0.05, 0) is 32.0 Å². The SMILES string of the molecule is CCOCCCNC(=S)NCCC(C)S(C)=O. The molecule has 6 heteroatoms. The van der Waals surface area contributed by atoms with Crippen molar-refractivity contribution in [1.29, 1.82) is 0 Å². The first-order valence-electron chi connectivity index (χ1n) is 5.99. The summed E-state index contributed by atoms with van der Waals surface area (Å²) in [6.07, 6.45) is 3.55. The van der Waals surface area contributed by atoms with Crippen LogP contribution < -0.4 is 10.6 Å². The molecule has 0 saturated carbocycles. The molecule has 0 aromatic carbocycles. The molecular weight excluding hydrogens is 256 g/mol. The minimum atomic E-state index is -0.754. The summed E-state index contributed by atoms with van der Waals surface area (Å²) in [4.78, 5) is 0. The number of rotatable bonds is 9. The van der Waals surface area contributed by atoms with Crippen molar-refractivity contribution in [2.75, 3.05) is 32.6 Å². The van der Waals surface area contributed by atoms with Crippen LogP contribution in [0, 0.1) is 0 Å². The molecule has 0 aliphatic rings. The van der Waals surface area contributed by atoms with Gasteiger partial charge in [-0.3, -0.25) is 4.21 Å². The monoisotopic (exact) mass is 280 g/mol. The second-order valence-corrected chi connectivity index (χ2v) is 6.04. The minimum Gasteiger partial charge on any atom is -0.382 e. The summed E-state index contributed by atoms with van der Waals surface area (Å²) in [6, 6.07) is 0. The third kappa shape index (κ3) is 10.7. The van der Waals surface area contributed by atoms with Crippen molar-refractivity contribution in [3.8, 4) is 0 Å². The van der Waals surface area contributed by atoms with Crippen LogP contribution in [0.5, 0.6) is 0 Å². The fourth-order valence-electron chi connectivity index (χ4n) is 1.14. The van der Waals surface area contributed by atoms with Gasteiger partial charge in [-0.2, -0.15) is 0 Å².